The highest BCUT2D eigenvalue weighted by Gasteiger charge is 2.07. The van der Waals surface area contributed by atoms with Gasteiger partial charge >= 0.3 is 5.97 Å². The molecule has 1 aromatic carbocycles. The first-order chi connectivity index (χ1) is 9.77. The number of ether oxygens (including phenoxy) is 2. The molecule has 112 valence electrons. The normalized spacial score (nSPS) is 10.5. The van der Waals surface area contributed by atoms with E-state index in [4.69, 9.17) is 9.47 Å². The molecule has 0 radical (unpaired) electrons. The molecule has 0 amide bonds. The van der Waals surface area contributed by atoms with E-state index in [1.807, 2.05) is 18.2 Å². The Kier molecular flexibility index (Phi) is 8.72. The fourth-order valence-corrected chi connectivity index (χ4v) is 1.98. The van der Waals surface area contributed by atoms with Crippen LogP contribution in [0.1, 0.15) is 55.5 Å². The number of aryl methyl sites for hydroxylation is 1. The lowest BCUT2D eigenvalue weighted by atomic mass is 10.1. The van der Waals surface area contributed by atoms with Crippen molar-refractivity contribution in [3.63, 3.8) is 0 Å². The van der Waals surface area contributed by atoms with Crippen molar-refractivity contribution in [2.75, 3.05) is 19.8 Å². The second kappa shape index (κ2) is 10.4. The van der Waals surface area contributed by atoms with Crippen molar-refractivity contribution in [2.45, 2.75) is 46.0 Å². The highest BCUT2D eigenvalue weighted by atomic mass is 16.6. The summed E-state index contributed by atoms with van der Waals surface area (Å²) in [6.45, 7) is 5.83. The Hall–Kier alpha value is -1.35. The number of esters is 1. The Morgan fingerprint density at radius 2 is 1.90 bits per heavy atom. The number of carbonyl (C=O) groups excluding carboxylic acids is 1. The van der Waals surface area contributed by atoms with Crippen LogP contribution in [-0.4, -0.2) is 25.8 Å². The second-order valence-electron chi connectivity index (χ2n) is 4.91. The molecule has 20 heavy (non-hydrogen) atoms. The van der Waals surface area contributed by atoms with Crippen LogP contribution >= 0.6 is 0 Å². The van der Waals surface area contributed by atoms with Gasteiger partial charge in [-0.05, 0) is 30.5 Å². The Balaban J connectivity index is 2.23. The summed E-state index contributed by atoms with van der Waals surface area (Å²) in [6.07, 6.45) is 5.51. The summed E-state index contributed by atoms with van der Waals surface area (Å²) in [7, 11) is 0. The molecule has 0 saturated carbocycles. The van der Waals surface area contributed by atoms with Crippen molar-refractivity contribution in [3.8, 4) is 0 Å². The molecule has 0 atom stereocenters. The maximum atomic E-state index is 11.9. The van der Waals surface area contributed by atoms with Crippen LogP contribution in [0.3, 0.4) is 0 Å². The number of benzene rings is 1. The maximum absolute atomic E-state index is 11.9. The van der Waals surface area contributed by atoms with Gasteiger partial charge in [-0.1, -0.05) is 45.2 Å². The monoisotopic (exact) mass is 278 g/mol. The number of carbonyl (C=O) groups is 1. The topological polar surface area (TPSA) is 35.5 Å². The second-order valence-corrected chi connectivity index (χ2v) is 4.91. The van der Waals surface area contributed by atoms with Crippen LogP contribution in [0, 0.1) is 0 Å². The Morgan fingerprint density at radius 1 is 1.05 bits per heavy atom. The SMILES string of the molecule is CCCCCOCCOC(=O)c1cccc(CCC)c1. The van der Waals surface area contributed by atoms with Crippen LogP contribution in [0.4, 0.5) is 0 Å². The first-order valence-corrected chi connectivity index (χ1v) is 7.61. The van der Waals surface area contributed by atoms with Gasteiger partial charge in [0.25, 0.3) is 0 Å². The predicted molar refractivity (Wildman–Crippen MR) is 81.1 cm³/mol. The zero-order valence-electron chi connectivity index (χ0n) is 12.7. The van der Waals surface area contributed by atoms with E-state index in [2.05, 4.69) is 13.8 Å². The van der Waals surface area contributed by atoms with Crippen molar-refractivity contribution in [2.24, 2.45) is 0 Å². The molecular weight excluding hydrogens is 252 g/mol. The average molecular weight is 278 g/mol. The van der Waals surface area contributed by atoms with Crippen molar-refractivity contribution in [3.05, 3.63) is 35.4 Å². The van der Waals surface area contributed by atoms with Gasteiger partial charge in [-0.3, -0.25) is 0 Å². The average Bonchev–Trinajstić information content (AvgIpc) is 2.47. The van der Waals surface area contributed by atoms with Crippen LogP contribution in [0.15, 0.2) is 24.3 Å². The molecule has 3 nitrogen and oxygen atoms in total. The molecule has 3 heteroatoms. The van der Waals surface area contributed by atoms with E-state index >= 15 is 0 Å². The molecule has 1 aromatic rings. The smallest absolute Gasteiger partial charge is 0.338 e. The molecule has 0 aliphatic rings. The minimum absolute atomic E-state index is 0.264. The number of unbranched alkanes of at least 4 members (excludes halogenated alkanes) is 2. The van der Waals surface area contributed by atoms with Crippen molar-refractivity contribution >= 4 is 5.97 Å². The summed E-state index contributed by atoms with van der Waals surface area (Å²) >= 11 is 0. The highest BCUT2D eigenvalue weighted by molar-refractivity contribution is 5.89. The van der Waals surface area contributed by atoms with Crippen LogP contribution in [0.5, 0.6) is 0 Å². The molecule has 0 fully saturated rings. The van der Waals surface area contributed by atoms with Gasteiger partial charge in [-0.15, -0.1) is 0 Å². The Labute approximate surface area is 122 Å². The van der Waals surface area contributed by atoms with Crippen LogP contribution < -0.4 is 0 Å². The molecule has 0 aromatic heterocycles. The van der Waals surface area contributed by atoms with Crippen molar-refractivity contribution in [1.82, 2.24) is 0 Å². The van der Waals surface area contributed by atoms with Gasteiger partial charge in [-0.25, -0.2) is 4.79 Å². The maximum Gasteiger partial charge on any atom is 0.338 e. The van der Waals surface area contributed by atoms with Gasteiger partial charge in [0, 0.05) is 6.61 Å². The van der Waals surface area contributed by atoms with E-state index in [1.54, 1.807) is 6.07 Å². The van der Waals surface area contributed by atoms with Gasteiger partial charge < -0.3 is 9.47 Å². The third-order valence-electron chi connectivity index (χ3n) is 3.05. The zero-order chi connectivity index (χ0) is 14.6. The lowest BCUT2D eigenvalue weighted by molar-refractivity contribution is 0.0312. The molecule has 0 saturated heterocycles. The van der Waals surface area contributed by atoms with Gasteiger partial charge in [0.15, 0.2) is 0 Å². The van der Waals surface area contributed by atoms with Gasteiger partial charge in [0.05, 0.1) is 12.2 Å². The Bertz CT molecular complexity index is 388. The minimum Gasteiger partial charge on any atom is -0.460 e. The summed E-state index contributed by atoms with van der Waals surface area (Å²) in [5, 5.41) is 0. The number of rotatable bonds is 10. The van der Waals surface area contributed by atoms with E-state index in [9.17, 15) is 4.79 Å². The minimum atomic E-state index is -0.264. The van der Waals surface area contributed by atoms with Crippen LogP contribution in [0.2, 0.25) is 0 Å². The lowest BCUT2D eigenvalue weighted by Gasteiger charge is -2.07. The molecule has 0 aliphatic heterocycles. The van der Waals surface area contributed by atoms with Crippen molar-refractivity contribution < 1.29 is 14.3 Å². The summed E-state index contributed by atoms with van der Waals surface area (Å²) in [5.41, 5.74) is 1.81. The van der Waals surface area contributed by atoms with Crippen LogP contribution in [0.25, 0.3) is 0 Å². The molecule has 0 heterocycles. The van der Waals surface area contributed by atoms with Gasteiger partial charge in [0.2, 0.25) is 0 Å². The largest absolute Gasteiger partial charge is 0.460 e. The van der Waals surface area contributed by atoms with E-state index < -0.39 is 0 Å². The highest BCUT2D eigenvalue weighted by Crippen LogP contribution is 2.09. The molecule has 0 aliphatic carbocycles. The summed E-state index contributed by atoms with van der Waals surface area (Å²) in [6, 6.07) is 7.65. The Morgan fingerprint density at radius 3 is 2.65 bits per heavy atom. The van der Waals surface area contributed by atoms with Crippen molar-refractivity contribution in [1.29, 1.82) is 0 Å². The third kappa shape index (κ3) is 6.71. The predicted octanol–water partition coefficient (Wildman–Crippen LogP) is 4.00. The van der Waals surface area contributed by atoms with E-state index in [1.165, 1.54) is 18.4 Å². The van der Waals surface area contributed by atoms with Gasteiger partial charge in [-0.2, -0.15) is 0 Å². The fraction of sp³-hybridized carbons (Fsp3) is 0.588. The van der Waals surface area contributed by atoms with E-state index in [0.29, 0.717) is 18.8 Å². The standard InChI is InChI=1S/C17H26O3/c1-3-5-6-11-19-12-13-20-17(18)16-10-7-9-15(14-16)8-4-2/h7,9-10,14H,3-6,8,11-13H2,1-2H3. The lowest BCUT2D eigenvalue weighted by Crippen LogP contribution is -2.11. The first kappa shape index (κ1) is 16.7. The summed E-state index contributed by atoms with van der Waals surface area (Å²) < 4.78 is 10.6. The molecule has 0 N–H and O–H groups in total. The summed E-state index contributed by atoms with van der Waals surface area (Å²) in [4.78, 5) is 11.9. The van der Waals surface area contributed by atoms with E-state index in [0.717, 1.165) is 25.9 Å². The molecule has 0 bridgehead atoms. The third-order valence-corrected chi connectivity index (χ3v) is 3.05. The zero-order valence-corrected chi connectivity index (χ0v) is 12.7. The molecular formula is C17H26O3. The first-order valence-electron chi connectivity index (χ1n) is 7.61. The molecule has 1 rings (SSSR count). The summed E-state index contributed by atoms with van der Waals surface area (Å²) in [5.74, 6) is -0.264. The molecule has 0 spiro atoms. The fourth-order valence-electron chi connectivity index (χ4n) is 1.98. The van der Waals surface area contributed by atoms with Gasteiger partial charge in [0.1, 0.15) is 6.61 Å². The van der Waals surface area contributed by atoms with E-state index in [-0.39, 0.29) is 5.97 Å². The quantitative estimate of drug-likeness (QED) is 0.479. The number of hydrogen-bond acceptors (Lipinski definition) is 3. The molecule has 0 unspecified atom stereocenters. The van der Waals surface area contributed by atoms with Crippen LogP contribution in [-0.2, 0) is 15.9 Å². The number of hydrogen-bond donors (Lipinski definition) is 0.